The summed E-state index contributed by atoms with van der Waals surface area (Å²) in [5.74, 6) is -1.47. The number of amides is 1. The molecule has 3 aromatic rings. The van der Waals surface area contributed by atoms with Gasteiger partial charge in [0.25, 0.3) is 0 Å². The number of hydrogen-bond donors (Lipinski definition) is 0. The van der Waals surface area contributed by atoms with E-state index in [1.807, 2.05) is 30.3 Å². The Labute approximate surface area is 175 Å². The number of nitrogens with zero attached hydrogens (tertiary/aromatic N) is 6. The van der Waals surface area contributed by atoms with Crippen molar-refractivity contribution in [2.75, 3.05) is 11.9 Å². The highest BCUT2D eigenvalue weighted by Gasteiger charge is 2.38. The van der Waals surface area contributed by atoms with Gasteiger partial charge in [-0.1, -0.05) is 30.3 Å². The number of ketones is 1. The van der Waals surface area contributed by atoms with Crippen LogP contribution < -0.4 is 4.90 Å². The van der Waals surface area contributed by atoms with E-state index in [4.69, 9.17) is 0 Å². The van der Waals surface area contributed by atoms with Crippen LogP contribution in [0.15, 0.2) is 42.7 Å². The molecule has 0 spiro atoms. The third-order valence-electron chi connectivity index (χ3n) is 5.17. The third kappa shape index (κ3) is 4.35. The number of carbonyl (C=O) groups is 2. The van der Waals surface area contributed by atoms with Gasteiger partial charge in [-0.25, -0.2) is 14.3 Å². The first kappa shape index (κ1) is 20.8. The largest absolute Gasteiger partial charge is 0.435 e. The SMILES string of the molecule is CN1C(=O)C(CC(=O)c2ncn(Cc3ccccc3)n2)CCn2nc(C(F)(F)F)cc21. The highest BCUT2D eigenvalue weighted by atomic mass is 19.4. The second-order valence-corrected chi connectivity index (χ2v) is 7.37. The molecule has 1 aliphatic heterocycles. The van der Waals surface area contributed by atoms with Crippen LogP contribution in [0, 0.1) is 5.92 Å². The Kier molecular flexibility index (Phi) is 5.34. The fourth-order valence-corrected chi connectivity index (χ4v) is 3.54. The van der Waals surface area contributed by atoms with E-state index in [1.54, 1.807) is 0 Å². The Morgan fingerprint density at radius 2 is 1.94 bits per heavy atom. The van der Waals surface area contributed by atoms with Gasteiger partial charge in [-0.2, -0.15) is 18.3 Å². The number of benzene rings is 1. The summed E-state index contributed by atoms with van der Waals surface area (Å²) in [5.41, 5.74) is -0.0514. The van der Waals surface area contributed by atoms with Gasteiger partial charge in [0.15, 0.2) is 5.69 Å². The Hall–Kier alpha value is -3.50. The van der Waals surface area contributed by atoms with Crippen LogP contribution in [0.3, 0.4) is 0 Å². The maximum atomic E-state index is 12.9. The number of fused-ring (bicyclic) bond motifs is 1. The van der Waals surface area contributed by atoms with Gasteiger partial charge >= 0.3 is 6.18 Å². The lowest BCUT2D eigenvalue weighted by Crippen LogP contribution is -2.33. The first-order valence-electron chi connectivity index (χ1n) is 9.61. The van der Waals surface area contributed by atoms with Gasteiger partial charge in [0, 0.05) is 32.0 Å². The molecule has 1 unspecified atom stereocenters. The lowest BCUT2D eigenvalue weighted by atomic mass is 9.97. The summed E-state index contributed by atoms with van der Waals surface area (Å²) >= 11 is 0. The highest BCUT2D eigenvalue weighted by Crippen LogP contribution is 2.33. The van der Waals surface area contributed by atoms with Crippen molar-refractivity contribution in [3.05, 3.63) is 59.8 Å². The molecule has 3 heterocycles. The molecule has 0 aliphatic carbocycles. The fourth-order valence-electron chi connectivity index (χ4n) is 3.54. The molecule has 31 heavy (non-hydrogen) atoms. The zero-order chi connectivity index (χ0) is 22.2. The van der Waals surface area contributed by atoms with Crippen LogP contribution in [0.4, 0.5) is 19.0 Å². The van der Waals surface area contributed by atoms with Crippen LogP contribution in [-0.4, -0.2) is 43.3 Å². The van der Waals surface area contributed by atoms with Gasteiger partial charge < -0.3 is 0 Å². The first-order valence-corrected chi connectivity index (χ1v) is 9.61. The molecular weight excluding hydrogens is 413 g/mol. The van der Waals surface area contributed by atoms with Gasteiger partial charge in [0.05, 0.1) is 6.54 Å². The van der Waals surface area contributed by atoms with Crippen LogP contribution in [0.2, 0.25) is 0 Å². The van der Waals surface area contributed by atoms with Crippen molar-refractivity contribution in [1.29, 1.82) is 0 Å². The first-order chi connectivity index (χ1) is 14.7. The van der Waals surface area contributed by atoms with Crippen LogP contribution in [0.1, 0.15) is 34.7 Å². The van der Waals surface area contributed by atoms with Gasteiger partial charge in [-0.05, 0) is 12.0 Å². The number of Topliss-reactive ketones (excluding diaryl/α,β-unsaturated/α-hetero) is 1. The highest BCUT2D eigenvalue weighted by molar-refractivity contribution is 6.00. The van der Waals surface area contributed by atoms with E-state index in [-0.39, 0.29) is 31.0 Å². The molecule has 162 valence electrons. The lowest BCUT2D eigenvalue weighted by Gasteiger charge is -2.18. The van der Waals surface area contributed by atoms with Crippen LogP contribution in [0.5, 0.6) is 0 Å². The molecule has 0 saturated heterocycles. The van der Waals surface area contributed by atoms with Gasteiger partial charge in [0.2, 0.25) is 17.5 Å². The lowest BCUT2D eigenvalue weighted by molar-refractivity contribution is -0.141. The monoisotopic (exact) mass is 432 g/mol. The Balaban J connectivity index is 1.44. The van der Waals surface area contributed by atoms with Crippen molar-refractivity contribution in [3.8, 4) is 0 Å². The Bertz CT molecular complexity index is 1110. The molecular formula is C20H19F3N6O2. The predicted molar refractivity (Wildman–Crippen MR) is 103 cm³/mol. The van der Waals surface area contributed by atoms with Crippen molar-refractivity contribution < 1.29 is 22.8 Å². The minimum absolute atomic E-state index is 0.00715. The van der Waals surface area contributed by atoms with E-state index in [9.17, 15) is 22.8 Å². The maximum absolute atomic E-state index is 12.9. The summed E-state index contributed by atoms with van der Waals surface area (Å²) in [7, 11) is 1.38. The zero-order valence-electron chi connectivity index (χ0n) is 16.6. The summed E-state index contributed by atoms with van der Waals surface area (Å²) in [6, 6.07) is 10.4. The number of anilines is 1. The van der Waals surface area contributed by atoms with Gasteiger partial charge in [0.1, 0.15) is 12.1 Å². The zero-order valence-corrected chi connectivity index (χ0v) is 16.6. The summed E-state index contributed by atoms with van der Waals surface area (Å²) in [5, 5.41) is 7.76. The number of rotatable bonds is 5. The second-order valence-electron chi connectivity index (χ2n) is 7.37. The average molecular weight is 432 g/mol. The smallest absolute Gasteiger partial charge is 0.300 e. The minimum atomic E-state index is -4.59. The number of halogens is 3. The molecule has 0 saturated carbocycles. The molecule has 1 atom stereocenters. The molecule has 0 N–H and O–H groups in total. The number of hydrogen-bond acceptors (Lipinski definition) is 5. The van der Waals surface area contributed by atoms with E-state index in [2.05, 4.69) is 15.2 Å². The Morgan fingerprint density at radius 1 is 1.19 bits per heavy atom. The quantitative estimate of drug-likeness (QED) is 0.579. The van der Waals surface area contributed by atoms with Crippen molar-refractivity contribution in [2.45, 2.75) is 32.1 Å². The van der Waals surface area contributed by atoms with E-state index >= 15 is 0 Å². The number of alkyl halides is 3. The van der Waals surface area contributed by atoms with Crippen molar-refractivity contribution in [2.24, 2.45) is 5.92 Å². The molecule has 4 rings (SSSR count). The van der Waals surface area contributed by atoms with E-state index in [0.717, 1.165) is 21.2 Å². The third-order valence-corrected chi connectivity index (χ3v) is 5.17. The van der Waals surface area contributed by atoms with Gasteiger partial charge in [-0.3, -0.25) is 14.5 Å². The van der Waals surface area contributed by atoms with E-state index < -0.39 is 29.5 Å². The van der Waals surface area contributed by atoms with Crippen molar-refractivity contribution in [3.63, 3.8) is 0 Å². The van der Waals surface area contributed by atoms with Crippen molar-refractivity contribution >= 4 is 17.5 Å². The van der Waals surface area contributed by atoms with Crippen LogP contribution in [0.25, 0.3) is 0 Å². The molecule has 0 fully saturated rings. The maximum Gasteiger partial charge on any atom is 0.435 e. The molecule has 1 aromatic carbocycles. The summed E-state index contributed by atoms with van der Waals surface area (Å²) in [6.45, 7) is 0.546. The average Bonchev–Trinajstić information content (AvgIpc) is 3.35. The topological polar surface area (TPSA) is 85.9 Å². The summed E-state index contributed by atoms with van der Waals surface area (Å²) in [4.78, 5) is 30.6. The molecule has 1 amide bonds. The van der Waals surface area contributed by atoms with Crippen LogP contribution in [-0.2, 0) is 24.1 Å². The van der Waals surface area contributed by atoms with Crippen molar-refractivity contribution in [1.82, 2.24) is 24.5 Å². The van der Waals surface area contributed by atoms with Gasteiger partial charge in [-0.15, -0.1) is 5.10 Å². The second kappa shape index (κ2) is 7.97. The Morgan fingerprint density at radius 3 is 2.65 bits per heavy atom. The van der Waals surface area contributed by atoms with E-state index in [1.165, 1.54) is 18.1 Å². The minimum Gasteiger partial charge on any atom is -0.300 e. The molecule has 0 radical (unpaired) electrons. The summed E-state index contributed by atoms with van der Waals surface area (Å²) < 4.78 is 41.5. The summed E-state index contributed by atoms with van der Waals surface area (Å²) in [6.07, 6.45) is -3.08. The normalized spacial score (nSPS) is 16.8. The molecule has 1 aliphatic rings. The predicted octanol–water partition coefficient (Wildman–Crippen LogP) is 2.80. The molecule has 2 aromatic heterocycles. The molecule has 0 bridgehead atoms. The number of aryl methyl sites for hydroxylation is 1. The van der Waals surface area contributed by atoms with E-state index in [0.29, 0.717) is 6.54 Å². The molecule has 8 nitrogen and oxygen atoms in total. The number of carbonyl (C=O) groups excluding carboxylic acids is 2. The fraction of sp³-hybridized carbons (Fsp3) is 0.350. The molecule has 11 heteroatoms. The standard InChI is InChI=1S/C20H19F3N6O2/c1-27-17-10-16(20(21,22)23)25-29(17)8-7-14(19(27)31)9-15(30)18-24-12-28(26-18)11-13-5-3-2-4-6-13/h2-6,10,12,14H,7-9,11H2,1H3. The number of aromatic nitrogens is 5. The van der Waals surface area contributed by atoms with Crippen LogP contribution >= 0.6 is 0 Å².